The topological polar surface area (TPSA) is 34.6 Å². The van der Waals surface area contributed by atoms with Gasteiger partial charge in [0.05, 0.1) is 12.1 Å². The molecule has 0 unspecified atom stereocenters. The minimum atomic E-state index is 0.351. The van der Waals surface area contributed by atoms with Gasteiger partial charge in [0, 0.05) is 56.4 Å². The molecule has 0 fully saturated rings. The number of hydrogen-bond donors (Lipinski definition) is 0. The van der Waals surface area contributed by atoms with Crippen LogP contribution in [0.15, 0.2) is 158 Å². The Morgan fingerprint density at radius 3 is 1.00 bits per heavy atom. The molecule has 7 aromatic carbocycles. The van der Waals surface area contributed by atoms with Crippen molar-refractivity contribution in [2.24, 2.45) is 0 Å². The lowest BCUT2D eigenvalue weighted by molar-refractivity contribution is 1.27. The van der Waals surface area contributed by atoms with Crippen LogP contribution in [-0.4, -0.2) is 0 Å². The Balaban J connectivity index is 1.13. The van der Waals surface area contributed by atoms with Gasteiger partial charge in [-0.05, 0) is 137 Å². The molecule has 0 aliphatic carbocycles. The van der Waals surface area contributed by atoms with Gasteiger partial charge in [0.2, 0.25) is 5.69 Å². The third kappa shape index (κ3) is 8.38. The third-order valence-electron chi connectivity index (χ3n) is 9.48. The fraction of sp³-hybridized carbons (Fsp3) is 0.0769. The predicted octanol–water partition coefficient (Wildman–Crippen LogP) is 13.1. The Kier molecular flexibility index (Phi) is 10.8. The van der Waals surface area contributed by atoms with Crippen molar-refractivity contribution >= 4 is 39.8 Å². The predicted molar refractivity (Wildman–Crippen MR) is 231 cm³/mol. The van der Waals surface area contributed by atoms with Crippen LogP contribution >= 0.6 is 0 Å². The monoisotopic (exact) mass is 718 g/mol. The van der Waals surface area contributed by atoms with Gasteiger partial charge in [0.15, 0.2) is 0 Å². The first kappa shape index (κ1) is 36.6. The van der Waals surface area contributed by atoms with Gasteiger partial charge in [-0.2, -0.15) is 5.26 Å². The molecule has 0 radical (unpaired) electrons. The molecule has 0 saturated carbocycles. The van der Waals surface area contributed by atoms with Gasteiger partial charge in [-0.3, -0.25) is 0 Å². The van der Waals surface area contributed by atoms with Crippen molar-refractivity contribution in [3.63, 3.8) is 0 Å². The average molecular weight is 719 g/mol. The molecule has 4 nitrogen and oxygen atoms in total. The van der Waals surface area contributed by atoms with Crippen LogP contribution in [0, 0.1) is 69.3 Å². The molecule has 7 rings (SSSR count). The molecule has 0 aliphatic rings. The van der Waals surface area contributed by atoms with Gasteiger partial charge in [-0.25, -0.2) is 4.85 Å². The second kappa shape index (κ2) is 16.5. The van der Waals surface area contributed by atoms with Gasteiger partial charge in [-0.15, -0.1) is 0 Å². The highest BCUT2D eigenvalue weighted by atomic mass is 15.1. The van der Waals surface area contributed by atoms with E-state index in [1.165, 1.54) is 22.3 Å². The number of benzene rings is 7. The summed E-state index contributed by atoms with van der Waals surface area (Å²) >= 11 is 0. The molecule has 0 saturated heterocycles. The third-order valence-corrected chi connectivity index (χ3v) is 9.48. The van der Waals surface area contributed by atoms with Crippen LogP contribution in [0.3, 0.4) is 0 Å². The highest BCUT2D eigenvalue weighted by Gasteiger charge is 2.14. The van der Waals surface area contributed by atoms with Crippen molar-refractivity contribution in [2.75, 3.05) is 9.80 Å². The Labute approximate surface area is 330 Å². The molecule has 4 heteroatoms. The molecule has 56 heavy (non-hydrogen) atoms. The first-order valence-corrected chi connectivity index (χ1v) is 18.3. The largest absolute Gasteiger partial charge is 0.311 e. The van der Waals surface area contributed by atoms with E-state index < -0.39 is 0 Å². The van der Waals surface area contributed by atoms with Gasteiger partial charge in [0.25, 0.3) is 0 Å². The molecule has 0 bridgehead atoms. The molecule has 0 aromatic heterocycles. The zero-order chi connectivity index (χ0) is 39.0. The molecular weight excluding hydrogens is 681 g/mol. The minimum absolute atomic E-state index is 0.351. The Morgan fingerprint density at radius 1 is 0.393 bits per heavy atom. The van der Waals surface area contributed by atoms with Gasteiger partial charge >= 0.3 is 0 Å². The zero-order valence-electron chi connectivity index (χ0n) is 31.8. The van der Waals surface area contributed by atoms with E-state index in [0.717, 1.165) is 45.3 Å². The fourth-order valence-corrected chi connectivity index (χ4v) is 6.31. The molecule has 0 spiro atoms. The van der Waals surface area contributed by atoms with Crippen LogP contribution in [0.5, 0.6) is 0 Å². The van der Waals surface area contributed by atoms with Crippen LogP contribution in [0.25, 0.3) is 4.85 Å². The van der Waals surface area contributed by atoms with E-state index in [-0.39, 0.29) is 0 Å². The highest BCUT2D eigenvalue weighted by molar-refractivity contribution is 5.78. The van der Waals surface area contributed by atoms with E-state index in [0.29, 0.717) is 22.4 Å². The summed E-state index contributed by atoms with van der Waals surface area (Å²) in [6.07, 6.45) is 0. The average Bonchev–Trinajstić information content (AvgIpc) is 3.23. The minimum Gasteiger partial charge on any atom is -0.311 e. The summed E-state index contributed by atoms with van der Waals surface area (Å²) in [7, 11) is 0. The van der Waals surface area contributed by atoms with Crippen molar-refractivity contribution < 1.29 is 0 Å². The second-order valence-electron chi connectivity index (χ2n) is 13.7. The first-order chi connectivity index (χ1) is 27.3. The Bertz CT molecular complexity index is 2420. The molecule has 266 valence electrons. The maximum absolute atomic E-state index is 10.1. The molecule has 0 N–H and O–H groups in total. The van der Waals surface area contributed by atoms with E-state index >= 15 is 0 Å². The Hall–Kier alpha value is -7.76. The van der Waals surface area contributed by atoms with Crippen LogP contribution in [-0.2, 0) is 0 Å². The molecule has 0 amide bonds. The van der Waals surface area contributed by atoms with Crippen LogP contribution in [0.4, 0.5) is 39.8 Å². The summed E-state index contributed by atoms with van der Waals surface area (Å²) in [5, 5.41) is 10.1. The fourth-order valence-electron chi connectivity index (χ4n) is 6.31. The summed E-state index contributed by atoms with van der Waals surface area (Å²) in [6, 6.07) is 55.6. The second-order valence-corrected chi connectivity index (χ2v) is 13.7. The van der Waals surface area contributed by atoms with Crippen molar-refractivity contribution in [1.82, 2.24) is 0 Å². The van der Waals surface area contributed by atoms with Crippen molar-refractivity contribution in [3.05, 3.63) is 219 Å². The maximum atomic E-state index is 10.1. The van der Waals surface area contributed by atoms with E-state index in [4.69, 9.17) is 6.57 Å². The normalized spacial score (nSPS) is 10.2. The van der Waals surface area contributed by atoms with Crippen LogP contribution in [0.2, 0.25) is 0 Å². The van der Waals surface area contributed by atoms with Gasteiger partial charge in [0.1, 0.15) is 6.07 Å². The number of rotatable bonds is 6. The van der Waals surface area contributed by atoms with Gasteiger partial charge in [-0.1, -0.05) is 94.5 Å². The lowest BCUT2D eigenvalue weighted by Gasteiger charge is -2.25. The lowest BCUT2D eigenvalue weighted by Crippen LogP contribution is -2.09. The molecule has 0 atom stereocenters. The van der Waals surface area contributed by atoms with Crippen LogP contribution < -0.4 is 9.80 Å². The summed E-state index contributed by atoms with van der Waals surface area (Å²) in [4.78, 5) is 8.18. The zero-order valence-corrected chi connectivity index (χ0v) is 31.8. The SMILES string of the molecule is [C-]#[N+]c1cc(C#Cc2ccc(N(c3ccc(C)cc3)c3ccc(C)cc3)cc2)c(C#N)cc1C#Cc1ccc(N(c2ccc(C)cc2)c2ccc(C)cc2)cc1. The van der Waals surface area contributed by atoms with E-state index in [1.807, 2.05) is 48.5 Å². The summed E-state index contributed by atoms with van der Waals surface area (Å²) in [5.41, 5.74) is 14.4. The lowest BCUT2D eigenvalue weighted by atomic mass is 10.0. The van der Waals surface area contributed by atoms with Crippen molar-refractivity contribution in [3.8, 4) is 29.8 Å². The van der Waals surface area contributed by atoms with Crippen molar-refractivity contribution in [2.45, 2.75) is 27.7 Å². The smallest absolute Gasteiger partial charge is 0.203 e. The summed E-state index contributed by atoms with van der Waals surface area (Å²) < 4.78 is 0. The molecule has 0 heterocycles. The van der Waals surface area contributed by atoms with Gasteiger partial charge < -0.3 is 9.80 Å². The Morgan fingerprint density at radius 2 is 0.696 bits per heavy atom. The number of aryl methyl sites for hydroxylation is 4. The van der Waals surface area contributed by atoms with E-state index in [1.54, 1.807) is 12.1 Å². The number of nitriles is 1. The molecule has 7 aromatic rings. The van der Waals surface area contributed by atoms with E-state index in [9.17, 15) is 5.26 Å². The number of nitrogens with zero attached hydrogens (tertiary/aromatic N) is 4. The van der Waals surface area contributed by atoms with E-state index in [2.05, 4.69) is 169 Å². The standard InChI is InChI=1S/C52H38N4/c1-37-6-22-46(23-7-37)55(47-24-8-38(2)9-25-47)50-30-16-41(17-31-50)14-20-43-35-52(54-5)44(34-45(43)36-53)21-15-42-18-32-51(33-19-42)56(48-26-10-39(3)11-27-48)49-28-12-40(4)13-29-49/h6-13,16-19,22-35H,1-4H3. The summed E-state index contributed by atoms with van der Waals surface area (Å²) in [6.45, 7) is 16.2. The van der Waals surface area contributed by atoms with Crippen molar-refractivity contribution in [1.29, 1.82) is 5.26 Å². The van der Waals surface area contributed by atoms with Crippen LogP contribution in [0.1, 0.15) is 50.1 Å². The highest BCUT2D eigenvalue weighted by Crippen LogP contribution is 2.36. The summed E-state index contributed by atoms with van der Waals surface area (Å²) in [5.74, 6) is 12.7. The molecular formula is C52H38N4. The first-order valence-electron chi connectivity index (χ1n) is 18.3. The quantitative estimate of drug-likeness (QED) is 0.127. The molecule has 0 aliphatic heterocycles. The number of anilines is 6. The maximum Gasteiger partial charge on any atom is 0.203 e. The number of hydrogen-bond acceptors (Lipinski definition) is 3.